The molecule has 0 aromatic heterocycles. The quantitative estimate of drug-likeness (QED) is 0.194. The minimum absolute atomic E-state index is 0.205. The van der Waals surface area contributed by atoms with Crippen LogP contribution in [0.2, 0.25) is 0 Å². The van der Waals surface area contributed by atoms with Gasteiger partial charge in [-0.15, -0.1) is 0 Å². The van der Waals surface area contributed by atoms with Gasteiger partial charge in [0.2, 0.25) is 0 Å². The van der Waals surface area contributed by atoms with Crippen LogP contribution in [0.1, 0.15) is 32.1 Å². The summed E-state index contributed by atoms with van der Waals surface area (Å²) in [6.07, 6.45) is 5.28. The first-order chi connectivity index (χ1) is 9.41. The Morgan fingerprint density at radius 1 is 0.789 bits per heavy atom. The Balaban J connectivity index is 2.88. The van der Waals surface area contributed by atoms with Crippen molar-refractivity contribution in [2.45, 2.75) is 32.1 Å². The Morgan fingerprint density at radius 2 is 1.53 bits per heavy atom. The zero-order valence-corrected chi connectivity index (χ0v) is 12.1. The Labute approximate surface area is 117 Å². The lowest BCUT2D eigenvalue weighted by Gasteiger charge is -2.07. The number of nitrogens with one attached hydrogen (secondary N) is 3. The van der Waals surface area contributed by atoms with Gasteiger partial charge in [-0.05, 0) is 45.3 Å². The van der Waals surface area contributed by atoms with E-state index in [2.05, 4.69) is 16.1 Å². The van der Waals surface area contributed by atoms with E-state index < -0.39 is 0 Å². The molecular weight excluding hydrogens is 244 g/mol. The Morgan fingerprint density at radius 3 is 2.21 bits per heavy atom. The molecule has 0 rings (SSSR count). The van der Waals surface area contributed by atoms with Crippen LogP contribution in [0.25, 0.3) is 0 Å². The zero-order valence-electron chi connectivity index (χ0n) is 12.1. The molecule has 0 saturated heterocycles. The van der Waals surface area contributed by atoms with Crippen molar-refractivity contribution in [3.63, 3.8) is 0 Å². The molecule has 0 aromatic carbocycles. The maximum Gasteiger partial charge on any atom is 0.0694 e. The van der Waals surface area contributed by atoms with E-state index in [1.807, 2.05) is 0 Å². The topological polar surface area (TPSA) is 91.6 Å². The van der Waals surface area contributed by atoms with E-state index in [1.54, 1.807) is 0 Å². The fourth-order valence-corrected chi connectivity index (χ4v) is 1.56. The van der Waals surface area contributed by atoms with Gasteiger partial charge < -0.3 is 26.3 Å². The number of hydrogen-bond acceptors (Lipinski definition) is 6. The van der Waals surface area contributed by atoms with Crippen molar-refractivity contribution in [2.75, 3.05) is 52.5 Å². The summed E-state index contributed by atoms with van der Waals surface area (Å²) >= 11 is 0. The summed E-state index contributed by atoms with van der Waals surface area (Å²) in [5.41, 5.74) is 8.24. The highest BCUT2D eigenvalue weighted by atomic mass is 16.6. The number of nitrogens with two attached hydrogens (primary N) is 1. The van der Waals surface area contributed by atoms with Crippen molar-refractivity contribution in [1.82, 2.24) is 16.1 Å². The summed E-state index contributed by atoms with van der Waals surface area (Å²) in [5.74, 6) is 0. The minimum Gasteiger partial charge on any atom is -0.396 e. The SMILES string of the molecule is NCCCCCNCCNCCCONCCCO. The highest BCUT2D eigenvalue weighted by Gasteiger charge is 1.91. The summed E-state index contributed by atoms with van der Waals surface area (Å²) in [5, 5.41) is 15.3. The minimum atomic E-state index is 0.205. The third-order valence-electron chi connectivity index (χ3n) is 2.68. The predicted molar refractivity (Wildman–Crippen MR) is 78.9 cm³/mol. The summed E-state index contributed by atoms with van der Waals surface area (Å²) in [7, 11) is 0. The van der Waals surface area contributed by atoms with Crippen LogP contribution >= 0.6 is 0 Å². The fourth-order valence-electron chi connectivity index (χ4n) is 1.56. The molecule has 0 aromatic rings. The molecule has 0 amide bonds. The van der Waals surface area contributed by atoms with E-state index >= 15 is 0 Å². The lowest BCUT2D eigenvalue weighted by atomic mass is 10.2. The molecule has 6 N–H and O–H groups in total. The van der Waals surface area contributed by atoms with Crippen LogP contribution in [-0.4, -0.2) is 57.6 Å². The van der Waals surface area contributed by atoms with E-state index in [-0.39, 0.29) is 6.61 Å². The van der Waals surface area contributed by atoms with Gasteiger partial charge in [-0.1, -0.05) is 6.42 Å². The maximum atomic E-state index is 8.55. The van der Waals surface area contributed by atoms with Crippen molar-refractivity contribution < 1.29 is 9.94 Å². The van der Waals surface area contributed by atoms with E-state index in [0.717, 1.165) is 52.0 Å². The molecule has 0 aliphatic heterocycles. The number of aliphatic hydroxyl groups is 1. The fraction of sp³-hybridized carbons (Fsp3) is 1.00. The van der Waals surface area contributed by atoms with Gasteiger partial charge in [0.15, 0.2) is 0 Å². The second kappa shape index (κ2) is 17.8. The van der Waals surface area contributed by atoms with E-state index in [9.17, 15) is 0 Å². The zero-order chi connectivity index (χ0) is 14.0. The second-order valence-corrected chi connectivity index (χ2v) is 4.52. The first kappa shape index (κ1) is 18.8. The van der Waals surface area contributed by atoms with Gasteiger partial charge in [0.1, 0.15) is 0 Å². The largest absolute Gasteiger partial charge is 0.396 e. The second-order valence-electron chi connectivity index (χ2n) is 4.52. The Bertz CT molecular complexity index is 146. The molecule has 0 saturated carbocycles. The van der Waals surface area contributed by atoms with Crippen LogP contribution in [0, 0.1) is 0 Å². The highest BCUT2D eigenvalue weighted by molar-refractivity contribution is 4.53. The van der Waals surface area contributed by atoms with Gasteiger partial charge in [-0.2, -0.15) is 0 Å². The molecule has 0 fully saturated rings. The van der Waals surface area contributed by atoms with Crippen molar-refractivity contribution in [2.24, 2.45) is 5.73 Å². The van der Waals surface area contributed by atoms with Crippen molar-refractivity contribution in [3.05, 3.63) is 0 Å². The van der Waals surface area contributed by atoms with Crippen LogP contribution in [0.15, 0.2) is 0 Å². The molecule has 0 heterocycles. The van der Waals surface area contributed by atoms with Crippen LogP contribution in [0.3, 0.4) is 0 Å². The van der Waals surface area contributed by atoms with Crippen molar-refractivity contribution in [3.8, 4) is 0 Å². The normalized spacial score (nSPS) is 11.1. The number of aliphatic hydroxyl groups excluding tert-OH is 1. The summed E-state index contributed by atoms with van der Waals surface area (Å²) < 4.78 is 0. The molecule has 0 bridgehead atoms. The predicted octanol–water partition coefficient (Wildman–Crippen LogP) is -0.412. The highest BCUT2D eigenvalue weighted by Crippen LogP contribution is 1.90. The number of hydrogen-bond donors (Lipinski definition) is 5. The monoisotopic (exact) mass is 276 g/mol. The average Bonchev–Trinajstić information content (AvgIpc) is 2.43. The molecule has 6 nitrogen and oxygen atoms in total. The summed E-state index contributed by atoms with van der Waals surface area (Å²) in [6, 6.07) is 0. The smallest absolute Gasteiger partial charge is 0.0694 e. The third kappa shape index (κ3) is 17.8. The van der Waals surface area contributed by atoms with Gasteiger partial charge in [-0.3, -0.25) is 0 Å². The lowest BCUT2D eigenvalue weighted by Crippen LogP contribution is -2.29. The molecule has 0 unspecified atom stereocenters. The van der Waals surface area contributed by atoms with Gasteiger partial charge in [0.25, 0.3) is 0 Å². The summed E-state index contributed by atoms with van der Waals surface area (Å²) in [4.78, 5) is 5.19. The third-order valence-corrected chi connectivity index (χ3v) is 2.68. The lowest BCUT2D eigenvalue weighted by molar-refractivity contribution is 0.0366. The van der Waals surface area contributed by atoms with Crippen LogP contribution < -0.4 is 21.8 Å². The first-order valence-corrected chi connectivity index (χ1v) is 7.49. The van der Waals surface area contributed by atoms with E-state index in [4.69, 9.17) is 15.7 Å². The van der Waals surface area contributed by atoms with Crippen molar-refractivity contribution >= 4 is 0 Å². The van der Waals surface area contributed by atoms with Gasteiger partial charge in [0, 0.05) is 26.2 Å². The Hall–Kier alpha value is -0.240. The van der Waals surface area contributed by atoms with Crippen molar-refractivity contribution in [1.29, 1.82) is 0 Å². The summed E-state index contributed by atoms with van der Waals surface area (Å²) in [6.45, 7) is 6.47. The van der Waals surface area contributed by atoms with E-state index in [0.29, 0.717) is 13.2 Å². The standard InChI is InChI=1S/C13H32N4O2/c14-6-2-1-3-7-15-10-11-16-8-5-13-19-17-9-4-12-18/h15-18H,1-14H2. The molecule has 0 aliphatic carbocycles. The Kier molecular flexibility index (Phi) is 17.5. The molecule has 6 heteroatoms. The van der Waals surface area contributed by atoms with Gasteiger partial charge >= 0.3 is 0 Å². The molecule has 0 atom stereocenters. The first-order valence-electron chi connectivity index (χ1n) is 7.49. The molecule has 116 valence electrons. The van der Waals surface area contributed by atoms with Crippen LogP contribution in [0.4, 0.5) is 0 Å². The van der Waals surface area contributed by atoms with Crippen LogP contribution in [-0.2, 0) is 4.84 Å². The number of unbranched alkanes of at least 4 members (excludes halogenated alkanes) is 2. The van der Waals surface area contributed by atoms with Gasteiger partial charge in [-0.25, -0.2) is 5.48 Å². The number of rotatable bonds is 16. The molecular formula is C13H32N4O2. The van der Waals surface area contributed by atoms with Crippen LogP contribution in [0.5, 0.6) is 0 Å². The van der Waals surface area contributed by atoms with Gasteiger partial charge in [0.05, 0.1) is 6.61 Å². The van der Waals surface area contributed by atoms with E-state index in [1.165, 1.54) is 12.8 Å². The molecule has 0 radical (unpaired) electrons. The molecule has 0 spiro atoms. The maximum absolute atomic E-state index is 8.55. The average molecular weight is 276 g/mol. The molecule has 19 heavy (non-hydrogen) atoms. The number of hydroxylamine groups is 1. The molecule has 0 aliphatic rings.